The Morgan fingerprint density at radius 1 is 1.14 bits per heavy atom. The van der Waals surface area contributed by atoms with Gasteiger partial charge < -0.3 is 11.5 Å². The average molecular weight is 421 g/mol. The van der Waals surface area contributed by atoms with Gasteiger partial charge in [0.1, 0.15) is 10.7 Å². The first-order chi connectivity index (χ1) is 13.3. The van der Waals surface area contributed by atoms with Crippen molar-refractivity contribution in [2.24, 2.45) is 21.5 Å². The Hall–Kier alpha value is -2.73. The number of rotatable bonds is 4. The van der Waals surface area contributed by atoms with Gasteiger partial charge in [0.25, 0.3) is 10.0 Å². The standard InChI is InChI=1S/C16H20N8O2S2/c1-10-21-22-15(27-10)23-28(25,26)12-6-4-11(5-7-12)24-14(18)19-13(17)20-16(24)8-2-3-9-16/h4-7H,2-3,8-9H2,1H3,(H,22,23)(H4,17,18,19,20). The van der Waals surface area contributed by atoms with Crippen LogP contribution in [0.2, 0.25) is 0 Å². The Kier molecular flexibility index (Phi) is 4.46. The Balaban J connectivity index is 1.63. The molecule has 28 heavy (non-hydrogen) atoms. The molecule has 5 N–H and O–H groups in total. The topological polar surface area (TPSA) is 152 Å². The van der Waals surface area contributed by atoms with Gasteiger partial charge in [-0.2, -0.15) is 4.99 Å². The number of hydrogen-bond acceptors (Lipinski definition) is 10. The van der Waals surface area contributed by atoms with Crippen molar-refractivity contribution < 1.29 is 8.42 Å². The van der Waals surface area contributed by atoms with Crippen molar-refractivity contribution >= 4 is 44.1 Å². The first kappa shape index (κ1) is 18.6. The highest BCUT2D eigenvalue weighted by Crippen LogP contribution is 2.40. The lowest BCUT2D eigenvalue weighted by Crippen LogP contribution is -2.56. The van der Waals surface area contributed by atoms with Gasteiger partial charge in [-0.15, -0.1) is 10.2 Å². The summed E-state index contributed by atoms with van der Waals surface area (Å²) in [5.74, 6) is 0.430. The van der Waals surface area contributed by atoms with Gasteiger partial charge in [0, 0.05) is 5.69 Å². The second-order valence-electron chi connectivity index (χ2n) is 6.69. The monoisotopic (exact) mass is 420 g/mol. The van der Waals surface area contributed by atoms with Crippen LogP contribution in [0.1, 0.15) is 30.7 Å². The number of hydrogen-bond donors (Lipinski definition) is 3. The number of aliphatic imine (C=N–C) groups is 2. The van der Waals surface area contributed by atoms with Crippen LogP contribution in [0.25, 0.3) is 0 Å². The third-order valence-corrected chi connectivity index (χ3v) is 6.99. The van der Waals surface area contributed by atoms with Gasteiger partial charge in [-0.05, 0) is 56.9 Å². The predicted molar refractivity (Wildman–Crippen MR) is 109 cm³/mol. The number of nitrogens with two attached hydrogens (primary N) is 2. The van der Waals surface area contributed by atoms with Gasteiger partial charge >= 0.3 is 0 Å². The van der Waals surface area contributed by atoms with E-state index in [0.717, 1.165) is 25.7 Å². The maximum atomic E-state index is 12.6. The minimum absolute atomic E-state index is 0.111. The summed E-state index contributed by atoms with van der Waals surface area (Å²) in [5.41, 5.74) is 12.1. The van der Waals surface area contributed by atoms with Crippen molar-refractivity contribution in [2.45, 2.75) is 43.2 Å². The van der Waals surface area contributed by atoms with Crippen LogP contribution >= 0.6 is 11.3 Å². The van der Waals surface area contributed by atoms with Crippen LogP contribution in [0.5, 0.6) is 0 Å². The molecule has 1 aliphatic heterocycles. The highest BCUT2D eigenvalue weighted by molar-refractivity contribution is 7.93. The first-order valence-corrected chi connectivity index (χ1v) is 11.0. The number of sulfonamides is 1. The van der Waals surface area contributed by atoms with E-state index in [2.05, 4.69) is 24.9 Å². The molecule has 0 unspecified atom stereocenters. The number of aryl methyl sites for hydroxylation is 1. The van der Waals surface area contributed by atoms with E-state index in [1.54, 1.807) is 19.1 Å². The van der Waals surface area contributed by atoms with Gasteiger partial charge in [-0.1, -0.05) is 11.3 Å². The lowest BCUT2D eigenvalue weighted by atomic mass is 10.1. The molecule has 0 radical (unpaired) electrons. The molecule has 4 rings (SSSR count). The van der Waals surface area contributed by atoms with Crippen LogP contribution in [0.3, 0.4) is 0 Å². The largest absolute Gasteiger partial charge is 0.369 e. The normalized spacial score (nSPS) is 18.8. The minimum Gasteiger partial charge on any atom is -0.369 e. The summed E-state index contributed by atoms with van der Waals surface area (Å²) in [4.78, 5) is 10.6. The van der Waals surface area contributed by atoms with Crippen molar-refractivity contribution in [3.8, 4) is 0 Å². The van der Waals surface area contributed by atoms with Gasteiger partial charge in [0.05, 0.1) is 4.90 Å². The first-order valence-electron chi connectivity index (χ1n) is 8.72. The Bertz CT molecular complexity index is 1050. The van der Waals surface area contributed by atoms with Crippen molar-refractivity contribution in [1.29, 1.82) is 0 Å². The van der Waals surface area contributed by atoms with Crippen molar-refractivity contribution in [3.05, 3.63) is 29.3 Å². The maximum Gasteiger partial charge on any atom is 0.263 e. The SMILES string of the molecule is Cc1nnc(NS(=O)(=O)c2ccc(N3C(N)=NC(N)=NC34CCCC4)cc2)s1. The van der Waals surface area contributed by atoms with E-state index < -0.39 is 15.7 Å². The molecule has 0 bridgehead atoms. The second-order valence-corrected chi connectivity index (χ2v) is 9.55. The summed E-state index contributed by atoms with van der Waals surface area (Å²) in [6.07, 6.45) is 3.64. The van der Waals surface area contributed by atoms with Crippen LogP contribution in [0.15, 0.2) is 39.1 Å². The molecule has 148 valence electrons. The summed E-state index contributed by atoms with van der Waals surface area (Å²) in [6.45, 7) is 1.75. The van der Waals surface area contributed by atoms with E-state index in [1.807, 2.05) is 4.90 Å². The number of benzene rings is 1. The summed E-state index contributed by atoms with van der Waals surface area (Å²) in [5, 5.41) is 8.51. The highest BCUT2D eigenvalue weighted by Gasteiger charge is 2.44. The lowest BCUT2D eigenvalue weighted by molar-refractivity contribution is 0.452. The smallest absolute Gasteiger partial charge is 0.263 e. The summed E-state index contributed by atoms with van der Waals surface area (Å²) < 4.78 is 27.6. The molecule has 1 aliphatic carbocycles. The van der Waals surface area contributed by atoms with Crippen molar-refractivity contribution in [2.75, 3.05) is 9.62 Å². The molecular formula is C16H20N8O2S2. The van der Waals surface area contributed by atoms with E-state index in [4.69, 9.17) is 11.5 Å². The quantitative estimate of drug-likeness (QED) is 0.675. The zero-order chi connectivity index (χ0) is 19.9. The molecule has 0 atom stereocenters. The van der Waals surface area contributed by atoms with E-state index in [0.29, 0.717) is 10.7 Å². The zero-order valence-corrected chi connectivity index (χ0v) is 16.8. The van der Waals surface area contributed by atoms with Crippen LogP contribution in [0, 0.1) is 6.92 Å². The Labute approximate surface area is 166 Å². The van der Waals surface area contributed by atoms with Crippen molar-refractivity contribution in [1.82, 2.24) is 10.2 Å². The second kappa shape index (κ2) is 6.71. The predicted octanol–water partition coefficient (Wildman–Crippen LogP) is 1.37. The Morgan fingerprint density at radius 3 is 2.43 bits per heavy atom. The molecule has 2 aromatic rings. The molecule has 1 saturated carbocycles. The summed E-state index contributed by atoms with van der Waals surface area (Å²) >= 11 is 1.17. The van der Waals surface area contributed by atoms with Crippen LogP contribution in [-0.4, -0.2) is 36.2 Å². The fourth-order valence-electron chi connectivity index (χ4n) is 3.60. The zero-order valence-electron chi connectivity index (χ0n) is 15.2. The number of guanidine groups is 2. The fraction of sp³-hybridized carbons (Fsp3) is 0.375. The minimum atomic E-state index is -3.77. The van der Waals surface area contributed by atoms with Crippen LogP contribution < -0.4 is 21.1 Å². The lowest BCUT2D eigenvalue weighted by Gasteiger charge is -2.41. The molecule has 0 amide bonds. The van der Waals surface area contributed by atoms with E-state index in [-0.39, 0.29) is 21.9 Å². The van der Waals surface area contributed by atoms with E-state index in [1.165, 1.54) is 23.5 Å². The molecule has 0 saturated heterocycles. The molecule has 10 nitrogen and oxygen atoms in total. The summed E-state index contributed by atoms with van der Waals surface area (Å²) in [7, 11) is -3.77. The molecule has 1 spiro atoms. The number of anilines is 2. The molecule has 2 heterocycles. The van der Waals surface area contributed by atoms with Gasteiger partial charge in [-0.25, -0.2) is 13.4 Å². The number of aromatic nitrogens is 2. The number of nitrogens with one attached hydrogen (secondary N) is 1. The van der Waals surface area contributed by atoms with Crippen LogP contribution in [0.4, 0.5) is 10.8 Å². The maximum absolute atomic E-state index is 12.6. The van der Waals surface area contributed by atoms with Gasteiger partial charge in [-0.3, -0.25) is 9.62 Å². The molecule has 12 heteroatoms. The molecule has 1 fully saturated rings. The van der Waals surface area contributed by atoms with E-state index in [9.17, 15) is 8.42 Å². The number of nitrogens with zero attached hydrogens (tertiary/aromatic N) is 5. The third-order valence-electron chi connectivity index (χ3n) is 4.75. The van der Waals surface area contributed by atoms with Crippen molar-refractivity contribution in [3.63, 3.8) is 0 Å². The molecule has 1 aromatic heterocycles. The molecular weight excluding hydrogens is 400 g/mol. The Morgan fingerprint density at radius 2 is 1.82 bits per heavy atom. The van der Waals surface area contributed by atoms with Gasteiger partial charge in [0.15, 0.2) is 0 Å². The molecule has 2 aliphatic rings. The highest BCUT2D eigenvalue weighted by atomic mass is 32.2. The third kappa shape index (κ3) is 3.29. The fourth-order valence-corrected chi connectivity index (χ4v) is 5.43. The average Bonchev–Trinajstić information content (AvgIpc) is 3.23. The summed E-state index contributed by atoms with van der Waals surface area (Å²) in [6, 6.07) is 6.42. The molecule has 1 aromatic carbocycles. The van der Waals surface area contributed by atoms with E-state index >= 15 is 0 Å². The van der Waals surface area contributed by atoms with Gasteiger partial charge in [0.2, 0.25) is 17.1 Å². The van der Waals surface area contributed by atoms with Crippen LogP contribution in [-0.2, 0) is 10.0 Å².